The summed E-state index contributed by atoms with van der Waals surface area (Å²) in [6.45, 7) is 31.5. The Balaban J connectivity index is 0.000000132. The minimum atomic E-state index is -1.63. The predicted octanol–water partition coefficient (Wildman–Crippen LogP) is 7.24. The summed E-state index contributed by atoms with van der Waals surface area (Å²) in [5.74, 6) is 5.49. The number of likely N-dealkylation sites (tertiary alicyclic amines) is 4. The topological polar surface area (TPSA) is 30.0 Å². The van der Waals surface area contributed by atoms with Crippen molar-refractivity contribution in [2.75, 3.05) is 57.3 Å². The van der Waals surface area contributed by atoms with Gasteiger partial charge in [0.05, 0.1) is 0 Å². The normalized spacial score (nSPS) is 29.4. The molecule has 8 aliphatic rings. The van der Waals surface area contributed by atoms with Gasteiger partial charge in [-0.15, -0.1) is 0 Å². The maximum Gasteiger partial charge on any atom is 0.0249 e. The summed E-state index contributed by atoms with van der Waals surface area (Å²) >= 11 is 0. The van der Waals surface area contributed by atoms with Crippen molar-refractivity contribution in [3.05, 3.63) is 0 Å². The molecule has 5 nitrogen and oxygen atoms in total. The number of rotatable bonds is 4. The van der Waals surface area contributed by atoms with Crippen molar-refractivity contribution < 1.29 is 4.21 Å². The molecule has 3 aliphatic carbocycles. The summed E-state index contributed by atoms with van der Waals surface area (Å²) in [4.78, 5) is 10.3. The van der Waals surface area contributed by atoms with Crippen molar-refractivity contribution in [2.24, 2.45) is 16.2 Å². The lowest BCUT2D eigenvalue weighted by Gasteiger charge is -2.60. The van der Waals surface area contributed by atoms with E-state index in [0.717, 1.165) is 53.6 Å². The Bertz CT molecular complexity index is 946. The standard InChI is InChI=1S/C9H17NOS.3C9H17N.C2H6/c1-8(2)10-4-9(5-10)6-12(3,11)7-9;2*1-8(2)10-6-9(7-10)4-3-5-9;1-8(2)10-7-6-9(10)4-3-5-9;1-2/h8H,3-7H2,1-2H3;3*8H,3-7H2,1-2H3;1-2H3. The van der Waals surface area contributed by atoms with Gasteiger partial charge < -0.3 is 0 Å². The molecule has 5 aliphatic heterocycles. The van der Waals surface area contributed by atoms with Gasteiger partial charge in [-0.3, -0.25) is 23.8 Å². The molecule has 0 aromatic rings. The maximum atomic E-state index is 11.4. The van der Waals surface area contributed by atoms with E-state index in [0.29, 0.717) is 17.0 Å². The van der Waals surface area contributed by atoms with Crippen molar-refractivity contribution in [1.82, 2.24) is 19.6 Å². The summed E-state index contributed by atoms with van der Waals surface area (Å²) in [6.07, 6.45) is 14.9. The van der Waals surface area contributed by atoms with Crippen LogP contribution in [0.2, 0.25) is 0 Å². The molecule has 6 heteroatoms. The van der Waals surface area contributed by atoms with Gasteiger partial charge >= 0.3 is 0 Å². The molecule has 8 fully saturated rings. The van der Waals surface area contributed by atoms with Crippen molar-refractivity contribution in [1.29, 1.82) is 0 Å². The van der Waals surface area contributed by atoms with Gasteiger partial charge in [0, 0.05) is 92.4 Å². The van der Waals surface area contributed by atoms with Gasteiger partial charge in [-0.25, -0.2) is 0 Å². The molecule has 0 atom stereocenters. The van der Waals surface area contributed by atoms with Crippen LogP contribution in [0.3, 0.4) is 0 Å². The molecular formula is C38H74N4OS. The van der Waals surface area contributed by atoms with Crippen molar-refractivity contribution in [3.8, 4) is 0 Å². The third kappa shape index (κ3) is 7.93. The highest BCUT2D eigenvalue weighted by Gasteiger charge is 2.53. The van der Waals surface area contributed by atoms with Crippen LogP contribution in [0.15, 0.2) is 0 Å². The van der Waals surface area contributed by atoms with E-state index >= 15 is 0 Å². The smallest absolute Gasteiger partial charge is 0.0249 e. The molecule has 0 aromatic heterocycles. The Kier molecular flexibility index (Phi) is 11.8. The first kappa shape index (κ1) is 36.7. The first-order valence-corrected chi connectivity index (χ1v) is 21.0. The number of hydrogen-bond donors (Lipinski definition) is 0. The summed E-state index contributed by atoms with van der Waals surface area (Å²) in [5, 5.41) is 0. The molecule has 0 bridgehead atoms. The highest BCUT2D eigenvalue weighted by Crippen LogP contribution is 2.50. The molecule has 0 N–H and O–H groups in total. The zero-order valence-electron chi connectivity index (χ0n) is 31.1. The molecule has 5 saturated heterocycles. The van der Waals surface area contributed by atoms with Crippen molar-refractivity contribution >= 4 is 15.4 Å². The lowest BCUT2D eigenvalue weighted by molar-refractivity contribution is -0.0926. The van der Waals surface area contributed by atoms with Crippen LogP contribution in [-0.4, -0.2) is 117 Å². The predicted molar refractivity (Wildman–Crippen MR) is 195 cm³/mol. The van der Waals surface area contributed by atoms with E-state index in [2.05, 4.69) is 80.9 Å². The molecule has 3 saturated carbocycles. The molecule has 44 heavy (non-hydrogen) atoms. The van der Waals surface area contributed by atoms with Crippen LogP contribution < -0.4 is 0 Å². The van der Waals surface area contributed by atoms with Crippen LogP contribution in [0.25, 0.3) is 0 Å². The second kappa shape index (κ2) is 14.1. The van der Waals surface area contributed by atoms with E-state index in [-0.39, 0.29) is 0 Å². The summed E-state index contributed by atoms with van der Waals surface area (Å²) in [6, 6.07) is 3.00. The van der Waals surface area contributed by atoms with Crippen LogP contribution in [0, 0.1) is 16.2 Å². The van der Waals surface area contributed by atoms with E-state index in [1.807, 2.05) is 13.8 Å². The van der Waals surface area contributed by atoms with Gasteiger partial charge in [0.2, 0.25) is 0 Å². The van der Waals surface area contributed by atoms with Crippen molar-refractivity contribution in [3.63, 3.8) is 0 Å². The third-order valence-corrected chi connectivity index (χ3v) is 15.0. The largest absolute Gasteiger partial charge is 0.300 e. The molecule has 0 unspecified atom stereocenters. The lowest BCUT2D eigenvalue weighted by atomic mass is 9.63. The number of nitrogens with zero attached hydrogens (tertiary/aromatic N) is 4. The Labute approximate surface area is 275 Å². The monoisotopic (exact) mass is 635 g/mol. The maximum absolute atomic E-state index is 11.4. The minimum Gasteiger partial charge on any atom is -0.300 e. The Morgan fingerprint density at radius 2 is 0.864 bits per heavy atom. The van der Waals surface area contributed by atoms with Crippen LogP contribution in [0.1, 0.15) is 133 Å². The van der Waals surface area contributed by atoms with Crippen molar-refractivity contribution in [2.45, 2.75) is 163 Å². The fourth-order valence-corrected chi connectivity index (χ4v) is 11.8. The van der Waals surface area contributed by atoms with Crippen LogP contribution in [-0.2, 0) is 9.52 Å². The van der Waals surface area contributed by atoms with E-state index in [9.17, 15) is 4.21 Å². The minimum absolute atomic E-state index is 0.420. The quantitative estimate of drug-likeness (QED) is 0.304. The number of hydrogen-bond acceptors (Lipinski definition) is 5. The first-order valence-electron chi connectivity index (χ1n) is 18.9. The molecule has 5 heterocycles. The molecule has 0 radical (unpaired) electrons. The average molecular weight is 635 g/mol. The highest BCUT2D eigenvalue weighted by molar-refractivity contribution is 8.01. The molecular weight excluding hydrogens is 561 g/mol. The second-order valence-electron chi connectivity index (χ2n) is 17.6. The van der Waals surface area contributed by atoms with Gasteiger partial charge in [-0.05, 0) is 133 Å². The first-order chi connectivity index (χ1) is 20.6. The summed E-state index contributed by atoms with van der Waals surface area (Å²) in [7, 11) is -1.63. The van der Waals surface area contributed by atoms with E-state index in [1.54, 1.807) is 0 Å². The molecule has 4 spiro atoms. The molecule has 8 rings (SSSR count). The third-order valence-electron chi connectivity index (χ3n) is 12.7. The second-order valence-corrected chi connectivity index (χ2v) is 20.1. The Hall–Kier alpha value is -0.140. The van der Waals surface area contributed by atoms with Gasteiger partial charge in [0.15, 0.2) is 0 Å². The van der Waals surface area contributed by atoms with E-state index in [1.165, 1.54) is 96.9 Å². The Morgan fingerprint density at radius 3 is 1.02 bits per heavy atom. The summed E-state index contributed by atoms with van der Waals surface area (Å²) < 4.78 is 11.4. The zero-order valence-corrected chi connectivity index (χ0v) is 31.9. The van der Waals surface area contributed by atoms with Gasteiger partial charge in [0.1, 0.15) is 0 Å². The van der Waals surface area contributed by atoms with E-state index in [4.69, 9.17) is 0 Å². The average Bonchev–Trinajstić information content (AvgIpc) is 2.71. The highest BCUT2D eigenvalue weighted by atomic mass is 32.2. The molecule has 0 aromatic carbocycles. The summed E-state index contributed by atoms with van der Waals surface area (Å²) in [5.41, 5.74) is 2.78. The van der Waals surface area contributed by atoms with E-state index < -0.39 is 9.52 Å². The van der Waals surface area contributed by atoms with Gasteiger partial charge in [-0.2, -0.15) is 0 Å². The molecule has 258 valence electrons. The zero-order chi connectivity index (χ0) is 32.6. The van der Waals surface area contributed by atoms with Crippen LogP contribution >= 0.6 is 0 Å². The van der Waals surface area contributed by atoms with Gasteiger partial charge in [0.25, 0.3) is 0 Å². The van der Waals surface area contributed by atoms with Gasteiger partial charge in [-0.1, -0.05) is 26.7 Å². The molecule has 0 amide bonds. The fourth-order valence-electron chi connectivity index (χ4n) is 9.27. The van der Waals surface area contributed by atoms with Crippen LogP contribution in [0.5, 0.6) is 0 Å². The Morgan fingerprint density at radius 1 is 0.523 bits per heavy atom. The van der Waals surface area contributed by atoms with Crippen LogP contribution in [0.4, 0.5) is 0 Å². The lowest BCUT2D eigenvalue weighted by Crippen LogP contribution is -2.69. The SMILES string of the molecule is C=S1(=O)CC2(CN(C(C)C)C2)C1.CC.CC(C)N1CC2(CCC2)C1.CC(C)N1CC2(CCC2)C1.CC(C)N1CCC12CCC2. The fraction of sp³-hybridized carbons (Fsp3) is 0.974.